The summed E-state index contributed by atoms with van der Waals surface area (Å²) in [5, 5.41) is 8.04. The molecule has 1 aromatic carbocycles. The molecule has 2 N–H and O–H groups in total. The highest BCUT2D eigenvalue weighted by atomic mass is 19.1. The van der Waals surface area contributed by atoms with Gasteiger partial charge in [-0.25, -0.2) is 19.3 Å². The molecular formula is C20H16FN7O2. The number of fused-ring (bicyclic) bond motifs is 2. The lowest BCUT2D eigenvalue weighted by Gasteiger charge is -2.09. The first-order valence-corrected chi connectivity index (χ1v) is 9.18. The van der Waals surface area contributed by atoms with Crippen LogP contribution in [0.1, 0.15) is 29.2 Å². The van der Waals surface area contributed by atoms with E-state index in [-0.39, 0.29) is 11.7 Å². The molecule has 4 heterocycles. The molecule has 0 fully saturated rings. The van der Waals surface area contributed by atoms with Crippen molar-refractivity contribution in [2.24, 2.45) is 7.05 Å². The van der Waals surface area contributed by atoms with Gasteiger partial charge in [-0.3, -0.25) is 9.48 Å². The summed E-state index contributed by atoms with van der Waals surface area (Å²) >= 11 is 0. The summed E-state index contributed by atoms with van der Waals surface area (Å²) in [5.74, 6) is -0.281. The molecule has 0 spiro atoms. The number of carbonyl (C=O) groups is 1. The number of nitrogens with one attached hydrogen (secondary N) is 2. The molecule has 0 aliphatic heterocycles. The van der Waals surface area contributed by atoms with Gasteiger partial charge in [0.2, 0.25) is 5.89 Å². The number of H-pyrrole nitrogens is 1. The van der Waals surface area contributed by atoms with Crippen LogP contribution < -0.4 is 5.32 Å². The first-order chi connectivity index (χ1) is 14.5. The fourth-order valence-corrected chi connectivity index (χ4v) is 3.38. The minimum Gasteiger partial charge on any atom is -0.447 e. The first-order valence-electron chi connectivity index (χ1n) is 9.18. The van der Waals surface area contributed by atoms with Crippen molar-refractivity contribution in [3.63, 3.8) is 0 Å². The lowest BCUT2D eigenvalue weighted by atomic mass is 10.1. The lowest BCUT2D eigenvalue weighted by Crippen LogP contribution is -2.26. The van der Waals surface area contributed by atoms with Crippen molar-refractivity contribution < 1.29 is 13.6 Å². The fourth-order valence-electron chi connectivity index (χ4n) is 3.38. The van der Waals surface area contributed by atoms with Gasteiger partial charge in [0.05, 0.1) is 23.5 Å². The Morgan fingerprint density at radius 1 is 1.33 bits per heavy atom. The number of aryl methyl sites for hydroxylation is 1. The third kappa shape index (κ3) is 2.89. The Kier molecular flexibility index (Phi) is 4.05. The van der Waals surface area contributed by atoms with Crippen LogP contribution in [0.4, 0.5) is 4.39 Å². The van der Waals surface area contributed by atoms with Crippen LogP contribution >= 0.6 is 0 Å². The summed E-state index contributed by atoms with van der Waals surface area (Å²) < 4.78 is 20.4. The van der Waals surface area contributed by atoms with Crippen LogP contribution in [0, 0.1) is 5.82 Å². The summed E-state index contributed by atoms with van der Waals surface area (Å²) in [6.45, 7) is 1.77. The zero-order valence-electron chi connectivity index (χ0n) is 16.0. The molecule has 1 amide bonds. The maximum atomic E-state index is 13.6. The number of oxazole rings is 1. The molecule has 30 heavy (non-hydrogen) atoms. The Morgan fingerprint density at radius 2 is 2.20 bits per heavy atom. The number of benzene rings is 1. The number of amides is 1. The number of halogens is 1. The van der Waals surface area contributed by atoms with Gasteiger partial charge in [0.1, 0.15) is 35.0 Å². The predicted molar refractivity (Wildman–Crippen MR) is 106 cm³/mol. The summed E-state index contributed by atoms with van der Waals surface area (Å²) in [6, 6.07) is 4.03. The van der Waals surface area contributed by atoms with Crippen LogP contribution in [0.5, 0.6) is 0 Å². The second-order valence-electron chi connectivity index (χ2n) is 6.85. The fraction of sp³-hybridized carbons (Fsp3) is 0.150. The molecule has 0 unspecified atom stereocenters. The van der Waals surface area contributed by atoms with E-state index in [1.807, 2.05) is 0 Å². The number of aromatic nitrogens is 6. The molecule has 10 heteroatoms. The zero-order valence-corrected chi connectivity index (χ0v) is 16.0. The van der Waals surface area contributed by atoms with Gasteiger partial charge in [-0.05, 0) is 25.1 Å². The number of aromatic amines is 1. The number of hydrogen-bond donors (Lipinski definition) is 2. The second kappa shape index (κ2) is 6.76. The predicted octanol–water partition coefficient (Wildman–Crippen LogP) is 3.13. The highest BCUT2D eigenvalue weighted by Crippen LogP contribution is 2.28. The van der Waals surface area contributed by atoms with E-state index in [0.717, 1.165) is 5.39 Å². The van der Waals surface area contributed by atoms with E-state index in [1.165, 1.54) is 24.6 Å². The van der Waals surface area contributed by atoms with Crippen molar-refractivity contribution >= 4 is 28.0 Å². The van der Waals surface area contributed by atoms with Crippen molar-refractivity contribution in [1.82, 2.24) is 35.0 Å². The molecular weight excluding hydrogens is 389 g/mol. The van der Waals surface area contributed by atoms with E-state index in [4.69, 9.17) is 4.42 Å². The molecule has 150 valence electrons. The van der Waals surface area contributed by atoms with Gasteiger partial charge >= 0.3 is 0 Å². The molecule has 0 saturated carbocycles. The highest BCUT2D eigenvalue weighted by molar-refractivity contribution is 6.05. The largest absolute Gasteiger partial charge is 0.447 e. The van der Waals surface area contributed by atoms with Crippen molar-refractivity contribution in [2.45, 2.75) is 13.0 Å². The van der Waals surface area contributed by atoms with Gasteiger partial charge in [0.15, 0.2) is 5.65 Å². The van der Waals surface area contributed by atoms with Crippen molar-refractivity contribution in [1.29, 1.82) is 0 Å². The normalized spacial score (nSPS) is 12.5. The third-order valence-electron chi connectivity index (χ3n) is 4.85. The van der Waals surface area contributed by atoms with Gasteiger partial charge in [0, 0.05) is 18.6 Å². The standard InChI is InChI=1S/C20H16FN7O2/c1-10(20-22-5-6-30-20)25-19(29)13-8-23-18-17(13)26-14(9-24-18)16-12-4-3-11(21)7-15(12)28(2)27-16/h3-10H,1-2H3,(H,23,24)(H,25,29)/t10-/m1/s1. The van der Waals surface area contributed by atoms with Gasteiger partial charge in [0.25, 0.3) is 5.91 Å². The highest BCUT2D eigenvalue weighted by Gasteiger charge is 2.20. The number of carbonyl (C=O) groups excluding carboxylic acids is 1. The Balaban J connectivity index is 1.55. The van der Waals surface area contributed by atoms with Crippen molar-refractivity contribution in [3.8, 4) is 11.4 Å². The van der Waals surface area contributed by atoms with Gasteiger partial charge in [-0.2, -0.15) is 5.10 Å². The van der Waals surface area contributed by atoms with E-state index >= 15 is 0 Å². The van der Waals surface area contributed by atoms with Crippen LogP contribution in [0.3, 0.4) is 0 Å². The molecule has 5 aromatic rings. The molecule has 0 aliphatic rings. The Hall–Kier alpha value is -4.08. The van der Waals surface area contributed by atoms with Crippen molar-refractivity contribution in [2.75, 3.05) is 0 Å². The van der Waals surface area contributed by atoms with Crippen LogP contribution in [-0.4, -0.2) is 35.6 Å². The third-order valence-corrected chi connectivity index (χ3v) is 4.85. The Labute approximate surface area is 169 Å². The molecule has 9 nitrogen and oxygen atoms in total. The summed E-state index contributed by atoms with van der Waals surface area (Å²) in [4.78, 5) is 28.8. The number of rotatable bonds is 4. The van der Waals surface area contributed by atoms with E-state index in [9.17, 15) is 9.18 Å². The summed E-state index contributed by atoms with van der Waals surface area (Å²) in [7, 11) is 1.73. The minimum atomic E-state index is -0.414. The molecule has 0 radical (unpaired) electrons. The van der Waals surface area contributed by atoms with Gasteiger partial charge in [-0.1, -0.05) is 0 Å². The molecule has 0 saturated heterocycles. The number of hydrogen-bond acceptors (Lipinski definition) is 6. The molecule has 4 aromatic heterocycles. The van der Waals surface area contributed by atoms with Gasteiger partial charge in [-0.15, -0.1) is 0 Å². The average Bonchev–Trinajstić information content (AvgIpc) is 3.46. The minimum absolute atomic E-state index is 0.337. The van der Waals surface area contributed by atoms with E-state index in [2.05, 4.69) is 30.4 Å². The number of nitrogens with zero attached hydrogens (tertiary/aromatic N) is 5. The zero-order chi connectivity index (χ0) is 20.8. The van der Waals surface area contributed by atoms with E-state index in [1.54, 1.807) is 37.1 Å². The first kappa shape index (κ1) is 18.0. The van der Waals surface area contributed by atoms with Gasteiger partial charge < -0.3 is 14.7 Å². The summed E-state index contributed by atoms with van der Waals surface area (Å²) in [5.41, 5.74) is 2.89. The van der Waals surface area contributed by atoms with Crippen molar-refractivity contribution in [3.05, 3.63) is 60.3 Å². The second-order valence-corrected chi connectivity index (χ2v) is 6.85. The molecule has 0 aliphatic carbocycles. The maximum Gasteiger partial charge on any atom is 0.255 e. The van der Waals surface area contributed by atoms with Crippen LogP contribution in [0.15, 0.2) is 47.5 Å². The maximum absolute atomic E-state index is 13.6. The van der Waals surface area contributed by atoms with Crippen LogP contribution in [-0.2, 0) is 7.05 Å². The van der Waals surface area contributed by atoms with E-state index < -0.39 is 6.04 Å². The molecule has 1 atom stereocenters. The quantitative estimate of drug-likeness (QED) is 0.475. The van der Waals surface area contributed by atoms with E-state index in [0.29, 0.717) is 39.5 Å². The van der Waals surface area contributed by atoms with Crippen LogP contribution in [0.25, 0.3) is 33.5 Å². The smallest absolute Gasteiger partial charge is 0.255 e. The lowest BCUT2D eigenvalue weighted by molar-refractivity contribution is 0.0935. The average molecular weight is 405 g/mol. The monoisotopic (exact) mass is 405 g/mol. The SMILES string of the molecule is C[C@@H](NC(=O)c1c[nH]c2ncc(-c3nn(C)c4cc(F)ccc34)nc12)c1ncco1. The topological polar surface area (TPSA) is 115 Å². The molecule has 5 rings (SSSR count). The summed E-state index contributed by atoms with van der Waals surface area (Å²) in [6.07, 6.45) is 6.09. The molecule has 0 bridgehead atoms. The van der Waals surface area contributed by atoms with Crippen LogP contribution in [0.2, 0.25) is 0 Å². The Bertz CT molecular complexity index is 1390. The Morgan fingerprint density at radius 3 is 3.00 bits per heavy atom.